The monoisotopic (exact) mass is 563 g/mol. The number of carbonyl (C=O) groups is 4. The Bertz CT molecular complexity index is 919. The maximum absolute atomic E-state index is 14.0. The summed E-state index contributed by atoms with van der Waals surface area (Å²) < 4.78 is 0. The van der Waals surface area contributed by atoms with Gasteiger partial charge in [-0.15, -0.1) is 0 Å². The highest BCUT2D eigenvalue weighted by molar-refractivity contribution is 5.90. The summed E-state index contributed by atoms with van der Waals surface area (Å²) >= 11 is 0. The second-order valence-electron chi connectivity index (χ2n) is 13.6. The van der Waals surface area contributed by atoms with Crippen molar-refractivity contribution in [3.05, 3.63) is 0 Å². The molecule has 0 aromatic carbocycles. The molecule has 0 saturated carbocycles. The predicted octanol–water partition coefficient (Wildman–Crippen LogP) is 2.41. The Morgan fingerprint density at radius 2 is 1.50 bits per heavy atom. The van der Waals surface area contributed by atoms with Gasteiger partial charge in [0.1, 0.15) is 12.1 Å². The van der Waals surface area contributed by atoms with E-state index in [0.717, 1.165) is 51.6 Å². The zero-order valence-electron chi connectivity index (χ0n) is 25.8. The highest BCUT2D eigenvalue weighted by Gasteiger charge is 2.43. The first kappa shape index (κ1) is 32.3. The molecular formula is C30H53N5O5. The predicted molar refractivity (Wildman–Crippen MR) is 155 cm³/mol. The molecule has 3 amide bonds. The van der Waals surface area contributed by atoms with Crippen molar-refractivity contribution in [2.24, 2.45) is 11.3 Å². The fourth-order valence-electron chi connectivity index (χ4n) is 6.65. The Balaban J connectivity index is 1.75. The Morgan fingerprint density at radius 3 is 2.08 bits per heavy atom. The molecule has 3 heterocycles. The number of nitrogens with one attached hydrogen (secondary N) is 1. The van der Waals surface area contributed by atoms with Crippen LogP contribution in [0.25, 0.3) is 0 Å². The van der Waals surface area contributed by atoms with Crippen LogP contribution in [0.3, 0.4) is 0 Å². The largest absolute Gasteiger partial charge is 0.480 e. The Kier molecular flexibility index (Phi) is 11.0. The summed E-state index contributed by atoms with van der Waals surface area (Å²) in [5.41, 5.74) is -0.484. The third-order valence-corrected chi connectivity index (χ3v) is 9.23. The fraction of sp³-hybridized carbons (Fsp3) is 0.867. The van der Waals surface area contributed by atoms with Gasteiger partial charge in [0.05, 0.1) is 12.1 Å². The zero-order chi connectivity index (χ0) is 29.8. The molecule has 3 fully saturated rings. The molecule has 1 unspecified atom stereocenters. The smallest absolute Gasteiger partial charge is 0.326 e. The molecule has 10 nitrogen and oxygen atoms in total. The maximum Gasteiger partial charge on any atom is 0.326 e. The molecule has 0 aliphatic carbocycles. The second kappa shape index (κ2) is 13.6. The Labute approximate surface area is 240 Å². The van der Waals surface area contributed by atoms with E-state index in [1.54, 1.807) is 9.80 Å². The van der Waals surface area contributed by atoms with Crippen molar-refractivity contribution < 1.29 is 24.3 Å². The first-order chi connectivity index (χ1) is 18.7. The molecule has 0 aromatic heterocycles. The van der Waals surface area contributed by atoms with Crippen LogP contribution in [0.4, 0.5) is 0 Å². The number of carboxylic acid groups (broad SMARTS) is 1. The van der Waals surface area contributed by atoms with E-state index in [0.29, 0.717) is 25.9 Å². The molecule has 0 aromatic rings. The lowest BCUT2D eigenvalue weighted by Crippen LogP contribution is -2.61. The molecule has 228 valence electrons. The summed E-state index contributed by atoms with van der Waals surface area (Å²) in [6, 6.07) is -2.20. The number of hydrogen-bond acceptors (Lipinski definition) is 6. The maximum atomic E-state index is 14.0. The van der Waals surface area contributed by atoms with E-state index in [9.17, 15) is 24.3 Å². The number of likely N-dealkylation sites (tertiary alicyclic amines) is 3. The Morgan fingerprint density at radius 1 is 0.900 bits per heavy atom. The summed E-state index contributed by atoms with van der Waals surface area (Å²) in [5.74, 6) is -1.13. The molecule has 0 radical (unpaired) electrons. The van der Waals surface area contributed by atoms with Gasteiger partial charge in [-0.05, 0) is 76.4 Å². The molecule has 3 aliphatic rings. The lowest BCUT2D eigenvalue weighted by atomic mass is 9.84. The van der Waals surface area contributed by atoms with Gasteiger partial charge in [-0.25, -0.2) is 4.79 Å². The highest BCUT2D eigenvalue weighted by Crippen LogP contribution is 2.28. The number of rotatable bonds is 9. The average Bonchev–Trinajstić information content (AvgIpc) is 3.36. The van der Waals surface area contributed by atoms with E-state index in [2.05, 4.69) is 29.0 Å². The lowest BCUT2D eigenvalue weighted by Gasteiger charge is -2.42. The van der Waals surface area contributed by atoms with E-state index in [1.165, 1.54) is 0 Å². The van der Waals surface area contributed by atoms with E-state index in [1.807, 2.05) is 34.9 Å². The number of carboxylic acids is 1. The van der Waals surface area contributed by atoms with E-state index >= 15 is 0 Å². The first-order valence-electron chi connectivity index (χ1n) is 15.3. The number of piperidine rings is 2. The number of likely N-dealkylation sites (N-methyl/N-ethyl adjacent to an activating group) is 2. The number of aliphatic carboxylic acids is 1. The average molecular weight is 564 g/mol. The van der Waals surface area contributed by atoms with Crippen LogP contribution in [0.15, 0.2) is 0 Å². The van der Waals surface area contributed by atoms with Crippen molar-refractivity contribution in [1.82, 2.24) is 24.9 Å². The number of hydrogen-bond donors (Lipinski definition) is 2. The number of carbonyl (C=O) groups excluding carboxylic acids is 3. The standard InChI is InChI=1S/C30H53N5O5/c1-20(2)24(19-34-17-12-15-22(34)27(37)35-18-11-9-14-23(35)29(39)40)33(7)28(38)25(30(3,4)5)31-26(36)21-13-8-10-16-32(21)6/h20-25H,8-19H2,1-7H3,(H,31,36)(H,39,40)/t21?,22-,23-,24+,25+/m0/s1. The topological polar surface area (TPSA) is 113 Å². The van der Waals surface area contributed by atoms with Crippen molar-refractivity contribution in [3.8, 4) is 0 Å². The van der Waals surface area contributed by atoms with E-state index in [4.69, 9.17) is 0 Å². The molecule has 2 N–H and O–H groups in total. The summed E-state index contributed by atoms with van der Waals surface area (Å²) in [6.07, 6.45) is 6.57. The summed E-state index contributed by atoms with van der Waals surface area (Å²) in [6.45, 7) is 12.7. The van der Waals surface area contributed by atoms with Gasteiger partial charge in [-0.3, -0.25) is 24.2 Å². The van der Waals surface area contributed by atoms with Gasteiger partial charge in [0.2, 0.25) is 17.7 Å². The third-order valence-electron chi connectivity index (χ3n) is 9.23. The normalized spacial score (nSPS) is 26.4. The Hall–Kier alpha value is -2.20. The highest BCUT2D eigenvalue weighted by atomic mass is 16.4. The van der Waals surface area contributed by atoms with Crippen LogP contribution in [0.2, 0.25) is 0 Å². The molecule has 5 atom stereocenters. The minimum atomic E-state index is -0.933. The molecule has 0 bridgehead atoms. The first-order valence-corrected chi connectivity index (χ1v) is 15.3. The van der Waals surface area contributed by atoms with Crippen LogP contribution in [0.5, 0.6) is 0 Å². The number of nitrogens with zero attached hydrogens (tertiary/aromatic N) is 4. The minimum absolute atomic E-state index is 0.0929. The summed E-state index contributed by atoms with van der Waals surface area (Å²) in [7, 11) is 3.77. The van der Waals surface area contributed by atoms with Crippen molar-refractivity contribution in [1.29, 1.82) is 0 Å². The van der Waals surface area contributed by atoms with Gasteiger partial charge >= 0.3 is 5.97 Å². The SMILES string of the molecule is CC(C)[C@@H](CN1CCC[C@H]1C(=O)N1CCCC[C@H]1C(=O)O)N(C)C(=O)[C@@H](NC(=O)C1CCCCN1C)C(C)(C)C. The van der Waals surface area contributed by atoms with E-state index < -0.39 is 23.5 Å². The summed E-state index contributed by atoms with van der Waals surface area (Å²) in [5, 5.41) is 12.8. The van der Waals surface area contributed by atoms with Gasteiger partial charge in [0.15, 0.2) is 0 Å². The van der Waals surface area contributed by atoms with Crippen LogP contribution in [0, 0.1) is 11.3 Å². The van der Waals surface area contributed by atoms with Crippen LogP contribution in [-0.2, 0) is 19.2 Å². The fourth-order valence-corrected chi connectivity index (χ4v) is 6.65. The minimum Gasteiger partial charge on any atom is -0.480 e. The second-order valence-corrected chi connectivity index (χ2v) is 13.6. The van der Waals surface area contributed by atoms with Crippen molar-refractivity contribution in [3.63, 3.8) is 0 Å². The van der Waals surface area contributed by atoms with Gasteiger partial charge in [0.25, 0.3) is 0 Å². The third kappa shape index (κ3) is 7.55. The zero-order valence-corrected chi connectivity index (χ0v) is 25.8. The molecule has 40 heavy (non-hydrogen) atoms. The van der Waals surface area contributed by atoms with E-state index in [-0.39, 0.29) is 41.8 Å². The van der Waals surface area contributed by atoms with Gasteiger partial charge in [-0.1, -0.05) is 41.0 Å². The molecule has 3 saturated heterocycles. The molecule has 10 heteroatoms. The van der Waals surface area contributed by atoms with Gasteiger partial charge < -0.3 is 20.2 Å². The molecule has 3 aliphatic heterocycles. The quantitative estimate of drug-likeness (QED) is 0.443. The number of amides is 3. The van der Waals surface area contributed by atoms with Crippen LogP contribution in [-0.4, -0.2) is 119 Å². The molecule has 3 rings (SSSR count). The molecular weight excluding hydrogens is 510 g/mol. The van der Waals surface area contributed by atoms with Crippen LogP contribution < -0.4 is 5.32 Å². The van der Waals surface area contributed by atoms with Crippen LogP contribution in [0.1, 0.15) is 86.0 Å². The van der Waals surface area contributed by atoms with Crippen LogP contribution >= 0.6 is 0 Å². The van der Waals surface area contributed by atoms with Crippen molar-refractivity contribution in [2.75, 3.05) is 40.3 Å². The van der Waals surface area contributed by atoms with Gasteiger partial charge in [0, 0.05) is 26.2 Å². The lowest BCUT2D eigenvalue weighted by molar-refractivity contribution is -0.154. The summed E-state index contributed by atoms with van der Waals surface area (Å²) in [4.78, 5) is 60.4. The molecule has 0 spiro atoms. The van der Waals surface area contributed by atoms with Crippen molar-refractivity contribution in [2.45, 2.75) is 116 Å². The van der Waals surface area contributed by atoms with Gasteiger partial charge in [-0.2, -0.15) is 0 Å². The van der Waals surface area contributed by atoms with Crippen molar-refractivity contribution >= 4 is 23.7 Å².